The van der Waals surface area contributed by atoms with E-state index in [1.54, 1.807) is 0 Å². The average Bonchev–Trinajstić information content (AvgIpc) is 2.41. The first-order valence-electron chi connectivity index (χ1n) is 7.01. The Hall–Kier alpha value is -1.49. The minimum Gasteiger partial charge on any atom is -0.370 e. The highest BCUT2D eigenvalue weighted by atomic mass is 14.9. The summed E-state index contributed by atoms with van der Waals surface area (Å²) >= 11 is 0. The number of hydrogen-bond donors (Lipinski definition) is 1. The highest BCUT2D eigenvalue weighted by Crippen LogP contribution is 2.28. The molecule has 1 aliphatic rings. The first kappa shape index (κ1) is 13.0. The van der Waals surface area contributed by atoms with Gasteiger partial charge in [-0.3, -0.25) is 0 Å². The largest absolute Gasteiger partial charge is 0.370 e. The predicted octanol–water partition coefficient (Wildman–Crippen LogP) is 4.27. The van der Waals surface area contributed by atoms with E-state index in [2.05, 4.69) is 30.4 Å². The summed E-state index contributed by atoms with van der Waals surface area (Å²) < 4.78 is 0. The van der Waals surface area contributed by atoms with Crippen molar-refractivity contribution in [3.8, 4) is 6.07 Å². The van der Waals surface area contributed by atoms with Gasteiger partial charge in [0.1, 0.15) is 6.04 Å². The third-order valence-electron chi connectivity index (χ3n) is 3.92. The summed E-state index contributed by atoms with van der Waals surface area (Å²) in [5, 5.41) is 12.7. The van der Waals surface area contributed by atoms with Crippen LogP contribution in [0.5, 0.6) is 0 Å². The summed E-state index contributed by atoms with van der Waals surface area (Å²) in [6.45, 7) is 2.08. The van der Waals surface area contributed by atoms with Gasteiger partial charge in [-0.05, 0) is 30.9 Å². The third-order valence-corrected chi connectivity index (χ3v) is 3.92. The number of hydrogen-bond acceptors (Lipinski definition) is 2. The maximum Gasteiger partial charge on any atom is 0.114 e. The molecule has 96 valence electrons. The van der Waals surface area contributed by atoms with Gasteiger partial charge in [-0.2, -0.15) is 5.26 Å². The highest BCUT2D eigenvalue weighted by Gasteiger charge is 2.18. The lowest BCUT2D eigenvalue weighted by Crippen LogP contribution is -2.23. The second kappa shape index (κ2) is 6.44. The van der Waals surface area contributed by atoms with Crippen LogP contribution in [0.25, 0.3) is 0 Å². The van der Waals surface area contributed by atoms with Gasteiger partial charge in [-0.1, -0.05) is 50.3 Å². The summed E-state index contributed by atoms with van der Waals surface area (Å²) in [4.78, 5) is 0. The Morgan fingerprint density at radius 3 is 2.67 bits per heavy atom. The summed E-state index contributed by atoms with van der Waals surface area (Å²) in [5.41, 5.74) is 2.31. The van der Waals surface area contributed by atoms with Crippen LogP contribution in [0.4, 0.5) is 5.69 Å². The zero-order valence-electron chi connectivity index (χ0n) is 11.2. The number of para-hydroxylation sites is 1. The molecule has 1 N–H and O–H groups in total. The van der Waals surface area contributed by atoms with Crippen LogP contribution < -0.4 is 5.32 Å². The van der Waals surface area contributed by atoms with Crippen molar-refractivity contribution in [3.05, 3.63) is 29.8 Å². The Labute approximate surface area is 110 Å². The van der Waals surface area contributed by atoms with Crippen LogP contribution in [-0.2, 0) is 0 Å². The van der Waals surface area contributed by atoms with Crippen LogP contribution in [0.3, 0.4) is 0 Å². The van der Waals surface area contributed by atoms with Gasteiger partial charge < -0.3 is 5.32 Å². The Morgan fingerprint density at radius 1 is 1.28 bits per heavy atom. The minimum atomic E-state index is -0.0470. The zero-order chi connectivity index (χ0) is 12.8. The van der Waals surface area contributed by atoms with Gasteiger partial charge in [-0.25, -0.2) is 0 Å². The molecule has 2 rings (SSSR count). The van der Waals surface area contributed by atoms with Crippen molar-refractivity contribution in [1.29, 1.82) is 5.26 Å². The van der Waals surface area contributed by atoms with Gasteiger partial charge in [0, 0.05) is 5.69 Å². The van der Waals surface area contributed by atoms with E-state index in [0.717, 1.165) is 18.0 Å². The number of anilines is 1. The monoisotopic (exact) mass is 242 g/mol. The minimum absolute atomic E-state index is 0.0470. The molecule has 1 fully saturated rings. The number of nitrogens with zero attached hydrogens (tertiary/aromatic N) is 1. The van der Waals surface area contributed by atoms with Gasteiger partial charge in [-0.15, -0.1) is 0 Å². The van der Waals surface area contributed by atoms with Crippen molar-refractivity contribution in [3.63, 3.8) is 0 Å². The number of aryl methyl sites for hydroxylation is 1. The molecule has 1 atom stereocenters. The fourth-order valence-electron chi connectivity index (χ4n) is 2.82. The lowest BCUT2D eigenvalue weighted by Gasteiger charge is -2.24. The Balaban J connectivity index is 1.93. The molecule has 0 bridgehead atoms. The van der Waals surface area contributed by atoms with Gasteiger partial charge in [0.15, 0.2) is 0 Å². The van der Waals surface area contributed by atoms with E-state index in [4.69, 9.17) is 0 Å². The maximum atomic E-state index is 9.30. The summed E-state index contributed by atoms with van der Waals surface area (Å²) in [7, 11) is 0. The van der Waals surface area contributed by atoms with Gasteiger partial charge in [0.05, 0.1) is 6.07 Å². The predicted molar refractivity (Wildman–Crippen MR) is 75.4 cm³/mol. The van der Waals surface area contributed by atoms with E-state index in [1.807, 2.05) is 12.1 Å². The SMILES string of the molecule is Cc1ccccc1NC(C#N)CC1CCCCC1. The second-order valence-corrected chi connectivity index (χ2v) is 5.38. The van der Waals surface area contributed by atoms with E-state index in [0.29, 0.717) is 0 Å². The van der Waals surface area contributed by atoms with Crippen LogP contribution in [0.2, 0.25) is 0 Å². The lowest BCUT2D eigenvalue weighted by molar-refractivity contribution is 0.335. The van der Waals surface area contributed by atoms with Gasteiger partial charge in [0.25, 0.3) is 0 Å². The molecule has 0 saturated heterocycles. The molecule has 1 unspecified atom stereocenters. The quantitative estimate of drug-likeness (QED) is 0.855. The fourth-order valence-corrected chi connectivity index (χ4v) is 2.82. The Kier molecular flexibility index (Phi) is 4.64. The van der Waals surface area contributed by atoms with E-state index < -0.39 is 0 Å². The first-order chi connectivity index (χ1) is 8.79. The van der Waals surface area contributed by atoms with Crippen molar-refractivity contribution < 1.29 is 0 Å². The molecule has 1 aromatic carbocycles. The molecular formula is C16H22N2. The summed E-state index contributed by atoms with van der Waals surface area (Å²) in [6, 6.07) is 10.6. The molecule has 1 saturated carbocycles. The Bertz CT molecular complexity index is 413. The molecule has 2 heteroatoms. The van der Waals surface area contributed by atoms with Crippen LogP contribution in [0, 0.1) is 24.2 Å². The van der Waals surface area contributed by atoms with Crippen LogP contribution >= 0.6 is 0 Å². The molecule has 1 aliphatic carbocycles. The number of nitrogens with one attached hydrogen (secondary N) is 1. The summed E-state index contributed by atoms with van der Waals surface area (Å²) in [6.07, 6.45) is 7.64. The van der Waals surface area contributed by atoms with Crippen LogP contribution in [0.1, 0.15) is 44.1 Å². The molecule has 2 nitrogen and oxygen atoms in total. The highest BCUT2D eigenvalue weighted by molar-refractivity contribution is 5.51. The average molecular weight is 242 g/mol. The van der Waals surface area contributed by atoms with Crippen LogP contribution in [0.15, 0.2) is 24.3 Å². The second-order valence-electron chi connectivity index (χ2n) is 5.38. The lowest BCUT2D eigenvalue weighted by atomic mass is 9.85. The van der Waals surface area contributed by atoms with Crippen molar-refractivity contribution in [2.75, 3.05) is 5.32 Å². The van der Waals surface area contributed by atoms with E-state index >= 15 is 0 Å². The Morgan fingerprint density at radius 2 is 2.00 bits per heavy atom. The maximum absolute atomic E-state index is 9.30. The molecule has 0 aliphatic heterocycles. The molecule has 0 spiro atoms. The third kappa shape index (κ3) is 3.50. The zero-order valence-corrected chi connectivity index (χ0v) is 11.2. The van der Waals surface area contributed by atoms with Gasteiger partial charge in [0.2, 0.25) is 0 Å². The van der Waals surface area contributed by atoms with Crippen molar-refractivity contribution in [1.82, 2.24) is 0 Å². The van der Waals surface area contributed by atoms with E-state index in [1.165, 1.54) is 37.7 Å². The van der Waals surface area contributed by atoms with E-state index in [-0.39, 0.29) is 6.04 Å². The van der Waals surface area contributed by atoms with Crippen molar-refractivity contribution >= 4 is 5.69 Å². The molecule has 0 aromatic heterocycles. The number of nitriles is 1. The molecule has 18 heavy (non-hydrogen) atoms. The molecule has 0 heterocycles. The van der Waals surface area contributed by atoms with Crippen LogP contribution in [-0.4, -0.2) is 6.04 Å². The molecule has 0 amide bonds. The first-order valence-corrected chi connectivity index (χ1v) is 7.01. The molecule has 1 aromatic rings. The van der Waals surface area contributed by atoms with Crippen molar-refractivity contribution in [2.45, 2.75) is 51.5 Å². The van der Waals surface area contributed by atoms with Gasteiger partial charge >= 0.3 is 0 Å². The number of rotatable bonds is 4. The van der Waals surface area contributed by atoms with Crippen molar-refractivity contribution in [2.24, 2.45) is 5.92 Å². The summed E-state index contributed by atoms with van der Waals surface area (Å²) in [5.74, 6) is 0.736. The smallest absolute Gasteiger partial charge is 0.114 e. The normalized spacial score (nSPS) is 18.0. The number of benzene rings is 1. The molecule has 0 radical (unpaired) electrons. The fraction of sp³-hybridized carbons (Fsp3) is 0.562. The topological polar surface area (TPSA) is 35.8 Å². The van der Waals surface area contributed by atoms with E-state index in [9.17, 15) is 5.26 Å². The molecular weight excluding hydrogens is 220 g/mol. The standard InChI is InChI=1S/C16H22N2/c1-13-7-5-6-10-16(13)18-15(12-17)11-14-8-3-2-4-9-14/h5-7,10,14-15,18H,2-4,8-9,11H2,1H3.